The first-order chi connectivity index (χ1) is 15.3. The maximum absolute atomic E-state index is 13.2. The third-order valence-electron chi connectivity index (χ3n) is 6.32. The number of fused-ring (bicyclic) bond motifs is 1. The van der Waals surface area contributed by atoms with Gasteiger partial charge in [-0.1, -0.05) is 6.92 Å². The summed E-state index contributed by atoms with van der Waals surface area (Å²) in [6.45, 7) is 7.21. The highest BCUT2D eigenvalue weighted by atomic mass is 16.5. The molecule has 1 aliphatic carbocycles. The highest BCUT2D eigenvalue weighted by molar-refractivity contribution is 5.98. The quantitative estimate of drug-likeness (QED) is 0.722. The second-order valence-corrected chi connectivity index (χ2v) is 9.19. The van der Waals surface area contributed by atoms with Crippen LogP contribution < -0.4 is 10.1 Å². The zero-order valence-electron chi connectivity index (χ0n) is 19.9. The van der Waals surface area contributed by atoms with Gasteiger partial charge in [0.15, 0.2) is 0 Å². The molecule has 0 bridgehead atoms. The summed E-state index contributed by atoms with van der Waals surface area (Å²) in [4.78, 5) is 29.3. The molecule has 1 aliphatic heterocycles. The fourth-order valence-corrected chi connectivity index (χ4v) is 4.14. The summed E-state index contributed by atoms with van der Waals surface area (Å²) >= 11 is 0. The molecule has 1 N–H and O–H groups in total. The molecule has 8 heteroatoms. The molecular weight excluding hydrogens is 410 g/mol. The van der Waals surface area contributed by atoms with E-state index in [9.17, 15) is 9.59 Å². The Balaban J connectivity index is 1.89. The first-order valence-corrected chi connectivity index (χ1v) is 11.4. The Morgan fingerprint density at radius 3 is 2.62 bits per heavy atom. The summed E-state index contributed by atoms with van der Waals surface area (Å²) in [7, 11) is 4.97. The number of carbonyl (C=O) groups excluding carboxylic acids is 2. The third-order valence-corrected chi connectivity index (χ3v) is 6.32. The number of carbonyl (C=O) groups is 2. The molecule has 0 spiro atoms. The number of methoxy groups -OCH3 is 2. The minimum Gasteiger partial charge on any atom is -0.491 e. The number of rotatable bonds is 6. The van der Waals surface area contributed by atoms with E-state index in [1.165, 1.54) is 20.0 Å². The van der Waals surface area contributed by atoms with Gasteiger partial charge in [-0.2, -0.15) is 0 Å². The Hall–Kier alpha value is -2.16. The van der Waals surface area contributed by atoms with E-state index in [-0.39, 0.29) is 36.5 Å². The average Bonchev–Trinajstić information content (AvgIpc) is 3.58. The number of hydrogen-bond donors (Lipinski definition) is 1. The molecule has 0 aromatic heterocycles. The van der Waals surface area contributed by atoms with E-state index in [0.717, 1.165) is 19.0 Å². The van der Waals surface area contributed by atoms with E-state index in [1.807, 2.05) is 0 Å². The number of ether oxygens (including phenoxy) is 3. The van der Waals surface area contributed by atoms with E-state index >= 15 is 0 Å². The lowest BCUT2D eigenvalue weighted by molar-refractivity contribution is -0.119. The predicted octanol–water partition coefficient (Wildman–Crippen LogP) is 2.49. The molecule has 32 heavy (non-hydrogen) atoms. The van der Waals surface area contributed by atoms with E-state index < -0.39 is 0 Å². The van der Waals surface area contributed by atoms with Crippen molar-refractivity contribution in [2.75, 3.05) is 59.4 Å². The molecule has 1 aromatic carbocycles. The van der Waals surface area contributed by atoms with Crippen molar-refractivity contribution in [3.8, 4) is 5.75 Å². The lowest BCUT2D eigenvalue weighted by Gasteiger charge is -2.36. The summed E-state index contributed by atoms with van der Waals surface area (Å²) in [5, 5.41) is 2.78. The molecule has 0 radical (unpaired) electrons. The largest absolute Gasteiger partial charge is 0.491 e. The number of nitrogens with zero attached hydrogens (tertiary/aromatic N) is 2. The third kappa shape index (κ3) is 6.43. The summed E-state index contributed by atoms with van der Waals surface area (Å²) in [5.74, 6) is 1.11. The Kier molecular flexibility index (Phi) is 8.51. The van der Waals surface area contributed by atoms with Crippen LogP contribution in [0.4, 0.5) is 5.69 Å². The average molecular weight is 448 g/mol. The van der Waals surface area contributed by atoms with E-state index in [0.29, 0.717) is 30.2 Å². The van der Waals surface area contributed by atoms with Gasteiger partial charge in [0.05, 0.1) is 11.7 Å². The zero-order chi connectivity index (χ0) is 23.3. The molecule has 3 atom stereocenters. The molecule has 3 rings (SSSR count). The van der Waals surface area contributed by atoms with Crippen LogP contribution in [0.3, 0.4) is 0 Å². The molecule has 2 aliphatic rings. The number of likely N-dealkylation sites (N-methyl/N-ethyl adjacent to an activating group) is 1. The molecule has 0 unspecified atom stereocenters. The Morgan fingerprint density at radius 2 is 1.97 bits per heavy atom. The highest BCUT2D eigenvalue weighted by Crippen LogP contribution is 2.32. The molecule has 1 saturated carbocycles. The summed E-state index contributed by atoms with van der Waals surface area (Å²) in [6.07, 6.45) is 2.52. The fourth-order valence-electron chi connectivity index (χ4n) is 4.14. The van der Waals surface area contributed by atoms with Gasteiger partial charge in [0.1, 0.15) is 19.0 Å². The van der Waals surface area contributed by atoms with Crippen LogP contribution in [0.2, 0.25) is 0 Å². The molecule has 1 fully saturated rings. The van der Waals surface area contributed by atoms with Crippen molar-refractivity contribution in [2.24, 2.45) is 11.8 Å². The first kappa shape index (κ1) is 24.5. The maximum atomic E-state index is 13.2. The van der Waals surface area contributed by atoms with Crippen LogP contribution in [-0.4, -0.2) is 87.9 Å². The van der Waals surface area contributed by atoms with E-state index in [4.69, 9.17) is 14.2 Å². The molecule has 1 heterocycles. The van der Waals surface area contributed by atoms with Gasteiger partial charge in [0.25, 0.3) is 5.91 Å². The van der Waals surface area contributed by atoms with Gasteiger partial charge in [-0.05, 0) is 43.7 Å². The topological polar surface area (TPSA) is 80.3 Å². The molecule has 8 nitrogen and oxygen atoms in total. The number of amides is 2. The summed E-state index contributed by atoms with van der Waals surface area (Å²) in [5.41, 5.74) is 1.04. The van der Waals surface area contributed by atoms with Crippen LogP contribution >= 0.6 is 0 Å². The van der Waals surface area contributed by atoms with Crippen molar-refractivity contribution < 1.29 is 23.8 Å². The standard InChI is InChI=1S/C24H37N3O5/c1-16-11-27(12-18-6-7-18)17(2)14-32-21-10-19(25-23(28)15-30-4)8-9-20(21)24(29)26(3)13-22(16)31-5/h8-10,16-18,22H,6-7,11-15H2,1-5H3,(H,25,28)/t16-,17+,22+/m1/s1. The van der Waals surface area contributed by atoms with Crippen molar-refractivity contribution in [1.82, 2.24) is 9.80 Å². The minimum absolute atomic E-state index is 0.0383. The normalized spacial score (nSPS) is 25.3. The van der Waals surface area contributed by atoms with Crippen molar-refractivity contribution in [3.63, 3.8) is 0 Å². The van der Waals surface area contributed by atoms with Gasteiger partial charge in [0, 0.05) is 58.7 Å². The molecule has 2 amide bonds. The Bertz CT molecular complexity index is 798. The number of nitrogens with one attached hydrogen (secondary N) is 1. The second kappa shape index (κ2) is 11.1. The first-order valence-electron chi connectivity index (χ1n) is 11.4. The van der Waals surface area contributed by atoms with Gasteiger partial charge < -0.3 is 24.4 Å². The monoisotopic (exact) mass is 447 g/mol. The fraction of sp³-hybridized carbons (Fsp3) is 0.667. The van der Waals surface area contributed by atoms with Crippen molar-refractivity contribution in [1.29, 1.82) is 0 Å². The van der Waals surface area contributed by atoms with Gasteiger partial charge in [-0.15, -0.1) is 0 Å². The van der Waals surface area contributed by atoms with Crippen LogP contribution in [0.1, 0.15) is 37.0 Å². The van der Waals surface area contributed by atoms with Gasteiger partial charge in [0.2, 0.25) is 5.91 Å². The zero-order valence-corrected chi connectivity index (χ0v) is 19.9. The van der Waals surface area contributed by atoms with Gasteiger partial charge in [-0.25, -0.2) is 0 Å². The van der Waals surface area contributed by atoms with Crippen LogP contribution in [0.15, 0.2) is 18.2 Å². The molecule has 0 saturated heterocycles. The van der Waals surface area contributed by atoms with Crippen LogP contribution in [0.5, 0.6) is 5.75 Å². The maximum Gasteiger partial charge on any atom is 0.257 e. The lowest BCUT2D eigenvalue weighted by atomic mass is 10.0. The van der Waals surface area contributed by atoms with Crippen LogP contribution in [0, 0.1) is 11.8 Å². The molecule has 178 valence electrons. The highest BCUT2D eigenvalue weighted by Gasteiger charge is 2.31. The van der Waals surface area contributed by atoms with Gasteiger partial charge >= 0.3 is 0 Å². The molecular formula is C24H37N3O5. The van der Waals surface area contributed by atoms with Crippen LogP contribution in [0.25, 0.3) is 0 Å². The lowest BCUT2D eigenvalue weighted by Crippen LogP contribution is -2.47. The Labute approximate surface area is 191 Å². The Morgan fingerprint density at radius 1 is 1.22 bits per heavy atom. The SMILES string of the molecule is COCC(=O)Nc1ccc2c(c1)OC[C@H](C)N(CC1CC1)C[C@@H](C)[C@@H](OC)CN(C)C2=O. The van der Waals surface area contributed by atoms with E-state index in [2.05, 4.69) is 24.1 Å². The van der Waals surface area contributed by atoms with Crippen molar-refractivity contribution >= 4 is 17.5 Å². The summed E-state index contributed by atoms with van der Waals surface area (Å²) in [6, 6.07) is 5.32. The van der Waals surface area contributed by atoms with Crippen molar-refractivity contribution in [3.05, 3.63) is 23.8 Å². The molecule has 1 aromatic rings. The number of benzene rings is 1. The number of anilines is 1. The minimum atomic E-state index is -0.259. The van der Waals surface area contributed by atoms with Gasteiger partial charge in [-0.3, -0.25) is 14.5 Å². The van der Waals surface area contributed by atoms with E-state index in [1.54, 1.807) is 37.3 Å². The summed E-state index contributed by atoms with van der Waals surface area (Å²) < 4.78 is 16.9. The smallest absolute Gasteiger partial charge is 0.257 e. The number of hydrogen-bond acceptors (Lipinski definition) is 6. The van der Waals surface area contributed by atoms with Crippen molar-refractivity contribution in [2.45, 2.75) is 38.8 Å². The second-order valence-electron chi connectivity index (χ2n) is 9.19. The van der Waals surface area contributed by atoms with Crippen LogP contribution in [-0.2, 0) is 14.3 Å². The predicted molar refractivity (Wildman–Crippen MR) is 123 cm³/mol.